The highest BCUT2D eigenvalue weighted by Crippen LogP contribution is 2.31. The van der Waals surface area contributed by atoms with E-state index in [-0.39, 0.29) is 5.89 Å². The summed E-state index contributed by atoms with van der Waals surface area (Å²) in [5.74, 6) is -0.918. The molecular formula is C14H15NO3. The number of carboxylic acids is 1. The molecular weight excluding hydrogens is 230 g/mol. The molecule has 94 valence electrons. The fourth-order valence-electron chi connectivity index (χ4n) is 2.08. The summed E-state index contributed by atoms with van der Waals surface area (Å²) in [5.41, 5.74) is 5.42. The van der Waals surface area contributed by atoms with Crippen molar-refractivity contribution < 1.29 is 14.3 Å². The molecule has 4 heteroatoms. The van der Waals surface area contributed by atoms with Crippen LogP contribution in [0.2, 0.25) is 0 Å². The van der Waals surface area contributed by atoms with Gasteiger partial charge in [0.15, 0.2) is 5.76 Å². The zero-order valence-electron chi connectivity index (χ0n) is 10.9. The second-order valence-corrected chi connectivity index (χ2v) is 4.47. The van der Waals surface area contributed by atoms with Crippen molar-refractivity contribution in [3.05, 3.63) is 40.4 Å². The standard InChI is InChI=1S/C14H15NO3/c1-7-5-8(2)10(4)12(9(7)3)11-6-15-13(18-11)14(16)17/h5-6H,1-4H3,(H,16,17). The van der Waals surface area contributed by atoms with E-state index in [4.69, 9.17) is 9.52 Å². The van der Waals surface area contributed by atoms with Gasteiger partial charge < -0.3 is 9.52 Å². The highest BCUT2D eigenvalue weighted by molar-refractivity contribution is 5.83. The molecule has 1 aromatic heterocycles. The van der Waals surface area contributed by atoms with Gasteiger partial charge in [-0.1, -0.05) is 6.07 Å². The fourth-order valence-corrected chi connectivity index (χ4v) is 2.08. The van der Waals surface area contributed by atoms with Gasteiger partial charge in [0, 0.05) is 5.56 Å². The van der Waals surface area contributed by atoms with E-state index in [2.05, 4.69) is 11.1 Å². The SMILES string of the molecule is Cc1cc(C)c(C)c(-c2cnc(C(=O)O)o2)c1C. The Morgan fingerprint density at radius 3 is 2.17 bits per heavy atom. The number of carboxylic acid groups (broad SMARTS) is 1. The third kappa shape index (κ3) is 1.90. The lowest BCUT2D eigenvalue weighted by molar-refractivity contribution is 0.0654. The number of hydrogen-bond donors (Lipinski definition) is 1. The fraction of sp³-hybridized carbons (Fsp3) is 0.286. The maximum Gasteiger partial charge on any atom is 0.392 e. The summed E-state index contributed by atoms with van der Waals surface area (Å²) in [6, 6.07) is 2.11. The van der Waals surface area contributed by atoms with Crippen LogP contribution in [-0.4, -0.2) is 16.1 Å². The van der Waals surface area contributed by atoms with Crippen molar-refractivity contribution in [3.63, 3.8) is 0 Å². The number of aromatic carboxylic acids is 1. The molecule has 0 atom stereocenters. The van der Waals surface area contributed by atoms with Gasteiger partial charge in [-0.05, 0) is 49.9 Å². The Morgan fingerprint density at radius 2 is 1.72 bits per heavy atom. The third-order valence-corrected chi connectivity index (χ3v) is 3.30. The maximum atomic E-state index is 10.8. The first-order valence-electron chi connectivity index (χ1n) is 5.68. The maximum absolute atomic E-state index is 10.8. The molecule has 0 saturated carbocycles. The minimum atomic E-state index is -1.15. The van der Waals surface area contributed by atoms with E-state index in [1.54, 1.807) is 0 Å². The van der Waals surface area contributed by atoms with E-state index in [0.717, 1.165) is 27.8 Å². The monoisotopic (exact) mass is 245 g/mol. The van der Waals surface area contributed by atoms with Crippen molar-refractivity contribution in [1.82, 2.24) is 4.98 Å². The summed E-state index contributed by atoms with van der Waals surface area (Å²) in [5, 5.41) is 8.84. The number of carbonyl (C=O) groups is 1. The zero-order valence-corrected chi connectivity index (χ0v) is 10.9. The summed E-state index contributed by atoms with van der Waals surface area (Å²) in [4.78, 5) is 14.6. The number of benzene rings is 1. The molecule has 4 nitrogen and oxygen atoms in total. The Hall–Kier alpha value is -2.10. The highest BCUT2D eigenvalue weighted by atomic mass is 16.4. The van der Waals surface area contributed by atoms with E-state index >= 15 is 0 Å². The van der Waals surface area contributed by atoms with Crippen molar-refractivity contribution in [2.75, 3.05) is 0 Å². The largest absolute Gasteiger partial charge is 0.474 e. The Kier molecular flexibility index (Phi) is 2.95. The molecule has 0 aliphatic carbocycles. The molecule has 18 heavy (non-hydrogen) atoms. The minimum Gasteiger partial charge on any atom is -0.474 e. The lowest BCUT2D eigenvalue weighted by Crippen LogP contribution is -1.95. The Morgan fingerprint density at radius 1 is 1.17 bits per heavy atom. The summed E-state index contributed by atoms with van der Waals surface area (Å²) in [6.45, 7) is 8.06. The van der Waals surface area contributed by atoms with Crippen molar-refractivity contribution in [3.8, 4) is 11.3 Å². The molecule has 1 N–H and O–H groups in total. The van der Waals surface area contributed by atoms with Crippen LogP contribution in [0.5, 0.6) is 0 Å². The molecule has 0 unspecified atom stereocenters. The van der Waals surface area contributed by atoms with Gasteiger partial charge in [0.05, 0.1) is 6.20 Å². The molecule has 0 fully saturated rings. The lowest BCUT2D eigenvalue weighted by Gasteiger charge is -2.12. The number of oxazole rings is 1. The number of hydrogen-bond acceptors (Lipinski definition) is 3. The first-order valence-corrected chi connectivity index (χ1v) is 5.68. The predicted octanol–water partition coefficient (Wildman–Crippen LogP) is 3.27. The molecule has 0 spiro atoms. The van der Waals surface area contributed by atoms with Gasteiger partial charge in [-0.15, -0.1) is 0 Å². The molecule has 2 aromatic rings. The van der Waals surface area contributed by atoms with Gasteiger partial charge in [0.2, 0.25) is 0 Å². The van der Waals surface area contributed by atoms with Crippen LogP contribution in [0, 0.1) is 27.7 Å². The topological polar surface area (TPSA) is 63.3 Å². The van der Waals surface area contributed by atoms with E-state index in [1.165, 1.54) is 6.20 Å². The molecule has 1 heterocycles. The number of rotatable bonds is 2. The Balaban J connectivity index is 2.66. The first-order chi connectivity index (χ1) is 8.41. The summed E-state index contributed by atoms with van der Waals surface area (Å²) >= 11 is 0. The van der Waals surface area contributed by atoms with Gasteiger partial charge in [-0.2, -0.15) is 0 Å². The van der Waals surface area contributed by atoms with Gasteiger partial charge in [0.25, 0.3) is 0 Å². The molecule has 0 aliphatic heterocycles. The third-order valence-electron chi connectivity index (χ3n) is 3.30. The zero-order chi connectivity index (χ0) is 13.4. The molecule has 0 saturated heterocycles. The van der Waals surface area contributed by atoms with Crippen LogP contribution in [0.3, 0.4) is 0 Å². The Bertz CT molecular complexity index is 600. The van der Waals surface area contributed by atoms with Gasteiger partial charge >= 0.3 is 11.9 Å². The summed E-state index contributed by atoms with van der Waals surface area (Å²) < 4.78 is 5.29. The molecule has 1 aromatic carbocycles. The van der Waals surface area contributed by atoms with E-state index in [1.807, 2.05) is 27.7 Å². The Labute approximate surface area is 105 Å². The second-order valence-electron chi connectivity index (χ2n) is 4.47. The average molecular weight is 245 g/mol. The summed E-state index contributed by atoms with van der Waals surface area (Å²) in [7, 11) is 0. The number of aromatic nitrogens is 1. The van der Waals surface area contributed by atoms with Crippen LogP contribution < -0.4 is 0 Å². The highest BCUT2D eigenvalue weighted by Gasteiger charge is 2.17. The normalized spacial score (nSPS) is 10.7. The molecule has 2 rings (SSSR count). The van der Waals surface area contributed by atoms with Crippen LogP contribution in [0.4, 0.5) is 0 Å². The second kappa shape index (κ2) is 4.29. The van der Waals surface area contributed by atoms with E-state index < -0.39 is 5.97 Å². The number of aryl methyl sites for hydroxylation is 2. The van der Waals surface area contributed by atoms with Crippen LogP contribution in [0.1, 0.15) is 32.9 Å². The van der Waals surface area contributed by atoms with Gasteiger partial charge in [-0.25, -0.2) is 9.78 Å². The van der Waals surface area contributed by atoms with Crippen LogP contribution >= 0.6 is 0 Å². The van der Waals surface area contributed by atoms with Crippen molar-refractivity contribution in [1.29, 1.82) is 0 Å². The van der Waals surface area contributed by atoms with E-state index in [9.17, 15) is 4.79 Å². The van der Waals surface area contributed by atoms with Crippen LogP contribution in [0.25, 0.3) is 11.3 Å². The van der Waals surface area contributed by atoms with Crippen molar-refractivity contribution >= 4 is 5.97 Å². The van der Waals surface area contributed by atoms with Gasteiger partial charge in [0.1, 0.15) is 0 Å². The molecule has 0 bridgehead atoms. The molecule has 0 amide bonds. The number of nitrogens with zero attached hydrogens (tertiary/aromatic N) is 1. The lowest BCUT2D eigenvalue weighted by atomic mass is 9.93. The van der Waals surface area contributed by atoms with Gasteiger partial charge in [-0.3, -0.25) is 0 Å². The van der Waals surface area contributed by atoms with Crippen molar-refractivity contribution in [2.24, 2.45) is 0 Å². The average Bonchev–Trinajstić information content (AvgIpc) is 2.76. The predicted molar refractivity (Wildman–Crippen MR) is 67.8 cm³/mol. The molecule has 0 radical (unpaired) electrons. The van der Waals surface area contributed by atoms with Crippen LogP contribution in [0.15, 0.2) is 16.7 Å². The minimum absolute atomic E-state index is 0.275. The molecule has 0 aliphatic rings. The van der Waals surface area contributed by atoms with Crippen molar-refractivity contribution in [2.45, 2.75) is 27.7 Å². The smallest absolute Gasteiger partial charge is 0.392 e. The first kappa shape index (κ1) is 12.4. The summed E-state index contributed by atoms with van der Waals surface area (Å²) in [6.07, 6.45) is 1.47. The van der Waals surface area contributed by atoms with Crippen LogP contribution in [-0.2, 0) is 0 Å². The van der Waals surface area contributed by atoms with E-state index in [0.29, 0.717) is 5.76 Å². The quantitative estimate of drug-likeness (QED) is 0.881.